The molecule has 0 radical (unpaired) electrons. The smallest absolute Gasteiger partial charge is 0.209 e. The summed E-state index contributed by atoms with van der Waals surface area (Å²) in [6.07, 6.45) is 2.54. The second-order valence-electron chi connectivity index (χ2n) is 5.01. The lowest BCUT2D eigenvalue weighted by Crippen LogP contribution is -2.36. The molecule has 0 saturated carbocycles. The molecule has 1 aliphatic heterocycles. The second-order valence-corrected chi connectivity index (χ2v) is 5.01. The molecule has 19 heavy (non-hydrogen) atoms. The SMILES string of the molecule is COC1CCN(Cc2nc3c(N)cccc3o2)CC1. The van der Waals surface area contributed by atoms with E-state index in [1.165, 1.54) is 0 Å². The molecule has 2 aromatic rings. The van der Waals surface area contributed by atoms with Crippen molar-refractivity contribution in [2.45, 2.75) is 25.5 Å². The molecule has 1 aromatic heterocycles. The van der Waals surface area contributed by atoms with Gasteiger partial charge in [-0.25, -0.2) is 4.98 Å². The first-order chi connectivity index (χ1) is 9.26. The van der Waals surface area contributed by atoms with E-state index in [-0.39, 0.29) is 0 Å². The minimum Gasteiger partial charge on any atom is -0.439 e. The van der Waals surface area contributed by atoms with E-state index < -0.39 is 0 Å². The molecule has 1 saturated heterocycles. The van der Waals surface area contributed by atoms with Crippen LogP contribution < -0.4 is 5.73 Å². The molecule has 0 aliphatic carbocycles. The van der Waals surface area contributed by atoms with Crippen LogP contribution in [0.5, 0.6) is 0 Å². The van der Waals surface area contributed by atoms with E-state index in [0.717, 1.165) is 49.5 Å². The van der Waals surface area contributed by atoms with Crippen molar-refractivity contribution in [3.05, 3.63) is 24.1 Å². The second kappa shape index (κ2) is 5.19. The van der Waals surface area contributed by atoms with Gasteiger partial charge < -0.3 is 14.9 Å². The highest BCUT2D eigenvalue weighted by Crippen LogP contribution is 2.23. The highest BCUT2D eigenvalue weighted by atomic mass is 16.5. The number of nitrogens with two attached hydrogens (primary N) is 1. The van der Waals surface area contributed by atoms with Gasteiger partial charge in [0.2, 0.25) is 5.89 Å². The summed E-state index contributed by atoms with van der Waals surface area (Å²) < 4.78 is 11.1. The lowest BCUT2D eigenvalue weighted by atomic mass is 10.1. The predicted octanol–water partition coefficient (Wildman–Crippen LogP) is 2.02. The number of ether oxygens (including phenoxy) is 1. The fourth-order valence-electron chi connectivity index (χ4n) is 2.58. The maximum Gasteiger partial charge on any atom is 0.209 e. The van der Waals surface area contributed by atoms with E-state index in [4.69, 9.17) is 14.9 Å². The summed E-state index contributed by atoms with van der Waals surface area (Å²) in [4.78, 5) is 6.82. The maximum atomic E-state index is 5.89. The van der Waals surface area contributed by atoms with Crippen LogP contribution in [0, 0.1) is 0 Å². The number of likely N-dealkylation sites (tertiary alicyclic amines) is 1. The van der Waals surface area contributed by atoms with Gasteiger partial charge in [0.25, 0.3) is 0 Å². The molecule has 2 N–H and O–H groups in total. The van der Waals surface area contributed by atoms with E-state index >= 15 is 0 Å². The van der Waals surface area contributed by atoms with Gasteiger partial charge in [-0.3, -0.25) is 4.90 Å². The zero-order chi connectivity index (χ0) is 13.2. The van der Waals surface area contributed by atoms with Gasteiger partial charge in [0.05, 0.1) is 18.3 Å². The van der Waals surface area contributed by atoms with Crippen LogP contribution in [0.3, 0.4) is 0 Å². The summed E-state index contributed by atoms with van der Waals surface area (Å²) >= 11 is 0. The minimum atomic E-state index is 0.399. The number of piperidine rings is 1. The highest BCUT2D eigenvalue weighted by Gasteiger charge is 2.20. The van der Waals surface area contributed by atoms with Crippen LogP contribution >= 0.6 is 0 Å². The first-order valence-electron chi connectivity index (χ1n) is 6.65. The Hall–Kier alpha value is -1.59. The average molecular weight is 261 g/mol. The van der Waals surface area contributed by atoms with E-state index in [0.29, 0.717) is 11.8 Å². The van der Waals surface area contributed by atoms with Gasteiger partial charge in [-0.15, -0.1) is 0 Å². The van der Waals surface area contributed by atoms with Crippen molar-refractivity contribution in [3.63, 3.8) is 0 Å². The molecule has 2 heterocycles. The molecule has 5 heteroatoms. The molecule has 3 rings (SSSR count). The highest BCUT2D eigenvalue weighted by molar-refractivity contribution is 5.85. The molecule has 0 bridgehead atoms. The molecule has 5 nitrogen and oxygen atoms in total. The van der Waals surface area contributed by atoms with Crippen LogP contribution in [-0.2, 0) is 11.3 Å². The standard InChI is InChI=1S/C14H19N3O2/c1-18-10-5-7-17(8-6-10)9-13-16-14-11(15)3-2-4-12(14)19-13/h2-4,10H,5-9,15H2,1H3. The summed E-state index contributed by atoms with van der Waals surface area (Å²) in [5.41, 5.74) is 8.09. The monoisotopic (exact) mass is 261 g/mol. The van der Waals surface area contributed by atoms with Crippen LogP contribution in [0.25, 0.3) is 11.1 Å². The quantitative estimate of drug-likeness (QED) is 0.856. The molecule has 1 aliphatic rings. The molecule has 1 fully saturated rings. The fourth-order valence-corrected chi connectivity index (χ4v) is 2.58. The molecular weight excluding hydrogens is 242 g/mol. The van der Waals surface area contributed by atoms with Crippen molar-refractivity contribution in [2.24, 2.45) is 0 Å². The van der Waals surface area contributed by atoms with Gasteiger partial charge in [0, 0.05) is 20.2 Å². The minimum absolute atomic E-state index is 0.399. The number of hydrogen-bond donors (Lipinski definition) is 1. The van der Waals surface area contributed by atoms with Crippen molar-refractivity contribution in [2.75, 3.05) is 25.9 Å². The molecule has 1 aromatic carbocycles. The normalized spacial score (nSPS) is 18.2. The van der Waals surface area contributed by atoms with Crippen molar-refractivity contribution in [1.29, 1.82) is 0 Å². The summed E-state index contributed by atoms with van der Waals surface area (Å²) in [6, 6.07) is 5.63. The van der Waals surface area contributed by atoms with Gasteiger partial charge in [0.15, 0.2) is 5.58 Å². The number of benzene rings is 1. The molecule has 0 amide bonds. The first kappa shape index (κ1) is 12.4. The van der Waals surface area contributed by atoms with Crippen molar-refractivity contribution in [1.82, 2.24) is 9.88 Å². The van der Waals surface area contributed by atoms with Gasteiger partial charge in [-0.05, 0) is 25.0 Å². The predicted molar refractivity (Wildman–Crippen MR) is 73.7 cm³/mol. The van der Waals surface area contributed by atoms with Crippen LogP contribution in [0.4, 0.5) is 5.69 Å². The van der Waals surface area contributed by atoms with Gasteiger partial charge >= 0.3 is 0 Å². The average Bonchev–Trinajstić information content (AvgIpc) is 2.84. The summed E-state index contributed by atoms with van der Waals surface area (Å²) in [7, 11) is 1.78. The van der Waals surface area contributed by atoms with Gasteiger partial charge in [-0.2, -0.15) is 0 Å². The Morgan fingerprint density at radius 1 is 1.42 bits per heavy atom. The van der Waals surface area contributed by atoms with Crippen LogP contribution in [0.15, 0.2) is 22.6 Å². The van der Waals surface area contributed by atoms with E-state index in [1.807, 2.05) is 18.2 Å². The zero-order valence-corrected chi connectivity index (χ0v) is 11.1. The molecule has 0 unspecified atom stereocenters. The van der Waals surface area contributed by atoms with Crippen LogP contribution in [0.1, 0.15) is 18.7 Å². The fraction of sp³-hybridized carbons (Fsp3) is 0.500. The molecular formula is C14H19N3O2. The Balaban J connectivity index is 1.70. The Bertz CT molecular complexity index is 559. The van der Waals surface area contributed by atoms with E-state index in [2.05, 4.69) is 9.88 Å². The summed E-state index contributed by atoms with van der Waals surface area (Å²) in [5.74, 6) is 0.740. The number of nitrogen functional groups attached to an aromatic ring is 1. The molecule has 102 valence electrons. The Labute approximate surface area is 112 Å². The third kappa shape index (κ3) is 2.57. The summed E-state index contributed by atoms with van der Waals surface area (Å²) in [5, 5.41) is 0. The van der Waals surface area contributed by atoms with Crippen LogP contribution in [-0.4, -0.2) is 36.2 Å². The van der Waals surface area contributed by atoms with Gasteiger partial charge in [0.1, 0.15) is 5.52 Å². The Morgan fingerprint density at radius 3 is 2.89 bits per heavy atom. The Morgan fingerprint density at radius 2 is 2.21 bits per heavy atom. The van der Waals surface area contributed by atoms with Crippen molar-refractivity contribution < 1.29 is 9.15 Å². The van der Waals surface area contributed by atoms with E-state index in [9.17, 15) is 0 Å². The number of para-hydroxylation sites is 1. The number of hydrogen-bond acceptors (Lipinski definition) is 5. The number of nitrogens with zero attached hydrogens (tertiary/aromatic N) is 2. The third-order valence-corrected chi connectivity index (χ3v) is 3.72. The number of fused-ring (bicyclic) bond motifs is 1. The molecule has 0 atom stereocenters. The number of anilines is 1. The lowest BCUT2D eigenvalue weighted by molar-refractivity contribution is 0.0366. The third-order valence-electron chi connectivity index (χ3n) is 3.72. The zero-order valence-electron chi connectivity index (χ0n) is 11.1. The lowest BCUT2D eigenvalue weighted by Gasteiger charge is -2.30. The molecule has 0 spiro atoms. The number of oxazole rings is 1. The number of aromatic nitrogens is 1. The number of rotatable bonds is 3. The maximum absolute atomic E-state index is 5.89. The van der Waals surface area contributed by atoms with Crippen molar-refractivity contribution >= 4 is 16.8 Å². The topological polar surface area (TPSA) is 64.5 Å². The van der Waals surface area contributed by atoms with Crippen molar-refractivity contribution in [3.8, 4) is 0 Å². The first-order valence-corrected chi connectivity index (χ1v) is 6.65. The summed E-state index contributed by atoms with van der Waals surface area (Å²) in [6.45, 7) is 2.78. The Kier molecular flexibility index (Phi) is 3.40. The largest absolute Gasteiger partial charge is 0.439 e. The number of methoxy groups -OCH3 is 1. The van der Waals surface area contributed by atoms with E-state index in [1.54, 1.807) is 7.11 Å². The van der Waals surface area contributed by atoms with Crippen LogP contribution in [0.2, 0.25) is 0 Å². The van der Waals surface area contributed by atoms with Gasteiger partial charge in [-0.1, -0.05) is 6.07 Å².